The largest absolute Gasteiger partial charge is 0.497 e. The van der Waals surface area contributed by atoms with E-state index in [0.717, 1.165) is 26.9 Å². The minimum atomic E-state index is -0.0600. The molecule has 0 saturated heterocycles. The molecule has 1 atom stereocenters. The lowest BCUT2D eigenvalue weighted by molar-refractivity contribution is 0.414. The number of methoxy groups -OCH3 is 1. The van der Waals surface area contributed by atoms with E-state index in [0.29, 0.717) is 0 Å². The molecule has 2 aromatic rings. The average molecular weight is 335 g/mol. The molecule has 0 aliphatic rings. The number of benzene rings is 2. The molecule has 2 rings (SSSR count). The molecule has 2 aromatic carbocycles. The molecule has 0 radical (unpaired) electrons. The van der Waals surface area contributed by atoms with Crippen LogP contribution in [0.2, 0.25) is 0 Å². The predicted octanol–water partition coefficient (Wildman–Crippen LogP) is 3.63. The van der Waals surface area contributed by atoms with E-state index in [4.69, 9.17) is 10.6 Å². The molecule has 3 nitrogen and oxygen atoms in total. The second kappa shape index (κ2) is 6.39. The Labute approximate surface area is 128 Å². The molecular formula is C16H19BrN2O. The van der Waals surface area contributed by atoms with Gasteiger partial charge in [0.1, 0.15) is 5.75 Å². The number of hydrogen-bond acceptors (Lipinski definition) is 3. The lowest BCUT2D eigenvalue weighted by atomic mass is 9.94. The molecule has 0 bridgehead atoms. The molecule has 0 amide bonds. The molecular weight excluding hydrogens is 316 g/mol. The lowest BCUT2D eigenvalue weighted by Gasteiger charge is -2.21. The summed E-state index contributed by atoms with van der Waals surface area (Å²) in [5.74, 6) is 6.65. The summed E-state index contributed by atoms with van der Waals surface area (Å²) in [5, 5.41) is 0. The molecule has 0 spiro atoms. The van der Waals surface area contributed by atoms with E-state index in [-0.39, 0.29) is 6.04 Å². The maximum atomic E-state index is 5.79. The zero-order valence-corrected chi connectivity index (χ0v) is 13.5. The normalized spacial score (nSPS) is 12.2. The molecule has 0 aliphatic heterocycles. The summed E-state index contributed by atoms with van der Waals surface area (Å²) in [6.45, 7) is 4.13. The molecule has 3 N–H and O–H groups in total. The zero-order chi connectivity index (χ0) is 14.7. The number of aryl methyl sites for hydroxylation is 2. The Bertz CT molecular complexity index is 613. The first-order valence-electron chi connectivity index (χ1n) is 6.44. The van der Waals surface area contributed by atoms with Crippen LogP contribution in [0.5, 0.6) is 5.75 Å². The van der Waals surface area contributed by atoms with Crippen molar-refractivity contribution in [3.63, 3.8) is 0 Å². The first-order valence-corrected chi connectivity index (χ1v) is 7.23. The SMILES string of the molecule is COc1ccc(C(NN)c2cccc(C)c2Br)c(C)c1. The van der Waals surface area contributed by atoms with Gasteiger partial charge in [-0.1, -0.05) is 40.2 Å². The molecule has 0 heterocycles. The molecule has 1 unspecified atom stereocenters. The van der Waals surface area contributed by atoms with Gasteiger partial charge in [-0.15, -0.1) is 0 Å². The van der Waals surface area contributed by atoms with Crippen molar-refractivity contribution in [1.29, 1.82) is 0 Å². The van der Waals surface area contributed by atoms with Crippen LogP contribution in [-0.2, 0) is 0 Å². The number of rotatable bonds is 4. The standard InChI is InChI=1S/C16H19BrN2O/c1-10-5-4-6-14(15(10)17)16(19-18)13-8-7-12(20-3)9-11(13)2/h4-9,16,19H,18H2,1-3H3. The van der Waals surface area contributed by atoms with Crippen LogP contribution in [0, 0.1) is 13.8 Å². The maximum Gasteiger partial charge on any atom is 0.119 e. The lowest BCUT2D eigenvalue weighted by Crippen LogP contribution is -2.29. The van der Waals surface area contributed by atoms with E-state index in [1.54, 1.807) is 7.11 Å². The van der Waals surface area contributed by atoms with Crippen molar-refractivity contribution < 1.29 is 4.74 Å². The van der Waals surface area contributed by atoms with Crippen molar-refractivity contribution in [2.45, 2.75) is 19.9 Å². The summed E-state index contributed by atoms with van der Waals surface area (Å²) in [6.07, 6.45) is 0. The highest BCUT2D eigenvalue weighted by molar-refractivity contribution is 9.10. The van der Waals surface area contributed by atoms with Crippen molar-refractivity contribution in [1.82, 2.24) is 5.43 Å². The fourth-order valence-electron chi connectivity index (χ4n) is 2.34. The van der Waals surface area contributed by atoms with Gasteiger partial charge in [-0.05, 0) is 48.2 Å². The topological polar surface area (TPSA) is 47.3 Å². The number of nitrogens with one attached hydrogen (secondary N) is 1. The Morgan fingerprint density at radius 3 is 2.45 bits per heavy atom. The van der Waals surface area contributed by atoms with Crippen LogP contribution in [0.25, 0.3) is 0 Å². The molecule has 4 heteroatoms. The fraction of sp³-hybridized carbons (Fsp3) is 0.250. The summed E-state index contributed by atoms with van der Waals surface area (Å²) in [5.41, 5.74) is 7.50. The summed E-state index contributed by atoms with van der Waals surface area (Å²) >= 11 is 3.65. The van der Waals surface area contributed by atoms with E-state index in [1.165, 1.54) is 5.56 Å². The molecule has 0 aliphatic carbocycles. The van der Waals surface area contributed by atoms with Gasteiger partial charge in [-0.2, -0.15) is 0 Å². The quantitative estimate of drug-likeness (QED) is 0.663. The Morgan fingerprint density at radius 2 is 1.85 bits per heavy atom. The Hall–Kier alpha value is -1.36. The van der Waals surface area contributed by atoms with E-state index in [2.05, 4.69) is 47.3 Å². The molecule has 0 saturated carbocycles. The molecule has 20 heavy (non-hydrogen) atoms. The third kappa shape index (κ3) is 2.87. The van der Waals surface area contributed by atoms with Gasteiger partial charge in [0.25, 0.3) is 0 Å². The van der Waals surface area contributed by atoms with Gasteiger partial charge in [0, 0.05) is 4.47 Å². The van der Waals surface area contributed by atoms with Gasteiger partial charge in [0.05, 0.1) is 13.2 Å². The van der Waals surface area contributed by atoms with Crippen LogP contribution in [0.3, 0.4) is 0 Å². The van der Waals surface area contributed by atoms with E-state index >= 15 is 0 Å². The summed E-state index contributed by atoms with van der Waals surface area (Å²) in [4.78, 5) is 0. The third-order valence-electron chi connectivity index (χ3n) is 3.49. The van der Waals surface area contributed by atoms with E-state index in [9.17, 15) is 0 Å². The Balaban J connectivity index is 2.50. The van der Waals surface area contributed by atoms with Crippen molar-refractivity contribution in [2.75, 3.05) is 7.11 Å². The number of hydrogen-bond donors (Lipinski definition) is 2. The van der Waals surface area contributed by atoms with E-state index in [1.807, 2.05) is 24.3 Å². The van der Waals surface area contributed by atoms with Crippen LogP contribution in [0.4, 0.5) is 0 Å². The fourth-order valence-corrected chi connectivity index (χ4v) is 2.83. The van der Waals surface area contributed by atoms with E-state index < -0.39 is 0 Å². The average Bonchev–Trinajstić information content (AvgIpc) is 2.45. The van der Waals surface area contributed by atoms with Gasteiger partial charge in [0.15, 0.2) is 0 Å². The highest BCUT2D eigenvalue weighted by atomic mass is 79.9. The van der Waals surface area contributed by atoms with Crippen molar-refractivity contribution >= 4 is 15.9 Å². The van der Waals surface area contributed by atoms with Gasteiger partial charge >= 0.3 is 0 Å². The molecule has 0 fully saturated rings. The van der Waals surface area contributed by atoms with Gasteiger partial charge in [-0.25, -0.2) is 5.43 Å². The predicted molar refractivity (Wildman–Crippen MR) is 85.8 cm³/mol. The molecule has 106 valence electrons. The number of nitrogens with two attached hydrogens (primary N) is 1. The van der Waals surface area contributed by atoms with Crippen LogP contribution >= 0.6 is 15.9 Å². The van der Waals surface area contributed by atoms with Crippen molar-refractivity contribution in [3.8, 4) is 5.75 Å². The van der Waals surface area contributed by atoms with Crippen LogP contribution in [0.1, 0.15) is 28.3 Å². The van der Waals surface area contributed by atoms with Crippen molar-refractivity contribution in [3.05, 3.63) is 63.1 Å². The molecule has 0 aromatic heterocycles. The highest BCUT2D eigenvalue weighted by Gasteiger charge is 2.18. The summed E-state index contributed by atoms with van der Waals surface area (Å²) in [7, 11) is 1.67. The van der Waals surface area contributed by atoms with Crippen LogP contribution in [0.15, 0.2) is 40.9 Å². The first-order chi connectivity index (χ1) is 9.58. The third-order valence-corrected chi connectivity index (χ3v) is 4.57. The minimum Gasteiger partial charge on any atom is -0.497 e. The smallest absolute Gasteiger partial charge is 0.119 e. The number of ether oxygens (including phenoxy) is 1. The minimum absolute atomic E-state index is 0.0600. The summed E-state index contributed by atoms with van der Waals surface area (Å²) in [6, 6.07) is 12.1. The number of hydrazine groups is 1. The second-order valence-corrected chi connectivity index (χ2v) is 5.59. The monoisotopic (exact) mass is 334 g/mol. The van der Waals surface area contributed by atoms with Crippen LogP contribution < -0.4 is 16.0 Å². The van der Waals surface area contributed by atoms with Crippen molar-refractivity contribution in [2.24, 2.45) is 5.84 Å². The second-order valence-electron chi connectivity index (χ2n) is 4.80. The Kier molecular flexibility index (Phi) is 4.81. The van der Waals surface area contributed by atoms with Gasteiger partial charge in [0.2, 0.25) is 0 Å². The first kappa shape index (κ1) is 15.0. The number of halogens is 1. The highest BCUT2D eigenvalue weighted by Crippen LogP contribution is 2.32. The Morgan fingerprint density at radius 1 is 1.10 bits per heavy atom. The summed E-state index contributed by atoms with van der Waals surface area (Å²) < 4.78 is 6.33. The maximum absolute atomic E-state index is 5.79. The van der Waals surface area contributed by atoms with Gasteiger partial charge < -0.3 is 4.74 Å². The zero-order valence-electron chi connectivity index (χ0n) is 11.9. The van der Waals surface area contributed by atoms with Gasteiger partial charge in [-0.3, -0.25) is 5.84 Å². The van der Waals surface area contributed by atoms with Crippen LogP contribution in [-0.4, -0.2) is 7.11 Å².